The summed E-state index contributed by atoms with van der Waals surface area (Å²) in [6.07, 6.45) is 5.09. The first kappa shape index (κ1) is 16.3. The molecule has 0 aliphatic heterocycles. The third-order valence-electron chi connectivity index (χ3n) is 4.07. The van der Waals surface area contributed by atoms with E-state index in [0.717, 1.165) is 18.7 Å². The quantitative estimate of drug-likeness (QED) is 0.654. The Balaban J connectivity index is 1.71. The van der Waals surface area contributed by atoms with Crippen molar-refractivity contribution in [1.29, 1.82) is 0 Å². The van der Waals surface area contributed by atoms with E-state index in [4.69, 9.17) is 0 Å². The Hall–Kier alpha value is -2.55. The molecule has 3 aromatic rings. The smallest absolute Gasteiger partial charge is 0.0731 e. The average Bonchev–Trinajstić information content (AvgIpc) is 3.02. The van der Waals surface area contributed by atoms with Crippen LogP contribution in [0, 0.1) is 5.92 Å². The summed E-state index contributed by atoms with van der Waals surface area (Å²) >= 11 is 0. The molecule has 1 unspecified atom stereocenters. The lowest BCUT2D eigenvalue weighted by Crippen LogP contribution is -2.13. The predicted octanol–water partition coefficient (Wildman–Crippen LogP) is 5.13. The van der Waals surface area contributed by atoms with E-state index in [-0.39, 0.29) is 0 Å². The lowest BCUT2D eigenvalue weighted by molar-refractivity contribution is 0.531. The molecule has 0 spiro atoms. The highest BCUT2D eigenvalue weighted by molar-refractivity contribution is 5.42. The van der Waals surface area contributed by atoms with Gasteiger partial charge in [-0.1, -0.05) is 74.5 Å². The number of benzene rings is 2. The maximum Gasteiger partial charge on any atom is 0.0731 e. The summed E-state index contributed by atoms with van der Waals surface area (Å²) in [7, 11) is 0. The molecule has 0 saturated heterocycles. The fourth-order valence-corrected chi connectivity index (χ4v) is 2.93. The SMILES string of the molecule is CC(C)CC(Nc1cnn(Cc2ccccc2)c1)c1ccccc1. The Morgan fingerprint density at radius 2 is 1.62 bits per heavy atom. The lowest BCUT2D eigenvalue weighted by Gasteiger charge is -2.21. The molecular formula is C21H25N3. The van der Waals surface area contributed by atoms with E-state index >= 15 is 0 Å². The molecule has 0 fully saturated rings. The Morgan fingerprint density at radius 3 is 2.29 bits per heavy atom. The first-order valence-electron chi connectivity index (χ1n) is 8.58. The molecule has 2 aromatic carbocycles. The first-order valence-corrected chi connectivity index (χ1v) is 8.58. The summed E-state index contributed by atoms with van der Waals surface area (Å²) < 4.78 is 1.98. The largest absolute Gasteiger partial charge is 0.376 e. The predicted molar refractivity (Wildman–Crippen MR) is 100 cm³/mol. The number of nitrogens with zero attached hydrogens (tertiary/aromatic N) is 2. The summed E-state index contributed by atoms with van der Waals surface area (Å²) in [6, 6.07) is 21.4. The van der Waals surface area contributed by atoms with E-state index < -0.39 is 0 Å². The van der Waals surface area contributed by atoms with Crippen LogP contribution < -0.4 is 5.32 Å². The van der Waals surface area contributed by atoms with Crippen molar-refractivity contribution < 1.29 is 0 Å². The zero-order valence-corrected chi connectivity index (χ0v) is 14.4. The van der Waals surface area contributed by atoms with Crippen molar-refractivity contribution in [3.8, 4) is 0 Å². The van der Waals surface area contributed by atoms with Gasteiger partial charge in [-0.2, -0.15) is 5.10 Å². The minimum absolute atomic E-state index is 0.306. The first-order chi connectivity index (χ1) is 11.7. The number of nitrogens with one attached hydrogen (secondary N) is 1. The molecular weight excluding hydrogens is 294 g/mol. The third-order valence-corrected chi connectivity index (χ3v) is 4.07. The molecule has 1 atom stereocenters. The molecule has 24 heavy (non-hydrogen) atoms. The van der Waals surface area contributed by atoms with Gasteiger partial charge in [0.2, 0.25) is 0 Å². The van der Waals surface area contributed by atoms with Gasteiger partial charge in [0, 0.05) is 6.20 Å². The van der Waals surface area contributed by atoms with Crippen molar-refractivity contribution in [2.24, 2.45) is 5.92 Å². The van der Waals surface area contributed by atoms with Gasteiger partial charge in [-0.25, -0.2) is 0 Å². The van der Waals surface area contributed by atoms with Gasteiger partial charge in [-0.05, 0) is 23.5 Å². The van der Waals surface area contributed by atoms with E-state index in [1.54, 1.807) is 0 Å². The second kappa shape index (κ2) is 7.82. The second-order valence-electron chi connectivity index (χ2n) is 6.65. The van der Waals surface area contributed by atoms with Crippen LogP contribution in [0.4, 0.5) is 5.69 Å². The van der Waals surface area contributed by atoms with Crippen LogP contribution in [0.5, 0.6) is 0 Å². The molecule has 0 aliphatic carbocycles. The molecule has 0 amide bonds. The number of rotatable bonds is 7. The summed E-state index contributed by atoms with van der Waals surface area (Å²) in [6.45, 7) is 5.32. The van der Waals surface area contributed by atoms with Crippen molar-refractivity contribution in [2.45, 2.75) is 32.9 Å². The minimum Gasteiger partial charge on any atom is -0.376 e. The van der Waals surface area contributed by atoms with Crippen LogP contribution in [0.3, 0.4) is 0 Å². The molecule has 0 aliphatic rings. The summed E-state index contributed by atoms with van der Waals surface area (Å²) in [5.41, 5.74) is 3.65. The van der Waals surface area contributed by atoms with Gasteiger partial charge in [0.15, 0.2) is 0 Å². The van der Waals surface area contributed by atoms with Crippen LogP contribution in [0.1, 0.15) is 37.4 Å². The van der Waals surface area contributed by atoms with Crippen LogP contribution in [-0.4, -0.2) is 9.78 Å². The van der Waals surface area contributed by atoms with E-state index in [0.29, 0.717) is 12.0 Å². The van der Waals surface area contributed by atoms with E-state index in [2.05, 4.69) is 85.1 Å². The molecule has 1 aromatic heterocycles. The Labute approximate surface area is 144 Å². The second-order valence-corrected chi connectivity index (χ2v) is 6.65. The van der Waals surface area contributed by atoms with Crippen molar-refractivity contribution in [2.75, 3.05) is 5.32 Å². The van der Waals surface area contributed by atoms with Gasteiger partial charge in [0.1, 0.15) is 0 Å². The van der Waals surface area contributed by atoms with Gasteiger partial charge < -0.3 is 5.32 Å². The highest BCUT2D eigenvalue weighted by Crippen LogP contribution is 2.25. The summed E-state index contributed by atoms with van der Waals surface area (Å²) in [4.78, 5) is 0. The van der Waals surface area contributed by atoms with Gasteiger partial charge in [0.05, 0.1) is 24.5 Å². The summed E-state index contributed by atoms with van der Waals surface area (Å²) in [5, 5.41) is 8.14. The molecule has 0 radical (unpaired) electrons. The topological polar surface area (TPSA) is 29.9 Å². The fraction of sp³-hybridized carbons (Fsp3) is 0.286. The fourth-order valence-electron chi connectivity index (χ4n) is 2.93. The standard InChI is InChI=1S/C21H25N3/c1-17(2)13-21(19-11-7-4-8-12-19)23-20-14-22-24(16-20)15-18-9-5-3-6-10-18/h3-12,14,16-17,21,23H,13,15H2,1-2H3. The van der Waals surface area contributed by atoms with Crippen molar-refractivity contribution >= 4 is 5.69 Å². The number of hydrogen-bond acceptors (Lipinski definition) is 2. The van der Waals surface area contributed by atoms with Crippen molar-refractivity contribution in [3.63, 3.8) is 0 Å². The van der Waals surface area contributed by atoms with Crippen LogP contribution in [-0.2, 0) is 6.54 Å². The van der Waals surface area contributed by atoms with Crippen LogP contribution in [0.25, 0.3) is 0 Å². The molecule has 0 saturated carbocycles. The minimum atomic E-state index is 0.306. The van der Waals surface area contributed by atoms with Crippen molar-refractivity contribution in [1.82, 2.24) is 9.78 Å². The number of hydrogen-bond donors (Lipinski definition) is 1. The molecule has 3 nitrogen and oxygen atoms in total. The van der Waals surface area contributed by atoms with E-state index in [1.807, 2.05) is 16.9 Å². The number of anilines is 1. The van der Waals surface area contributed by atoms with Crippen LogP contribution in [0.2, 0.25) is 0 Å². The van der Waals surface area contributed by atoms with Crippen molar-refractivity contribution in [3.05, 3.63) is 84.2 Å². The lowest BCUT2D eigenvalue weighted by atomic mass is 9.97. The van der Waals surface area contributed by atoms with Gasteiger partial charge >= 0.3 is 0 Å². The Kier molecular flexibility index (Phi) is 5.32. The highest BCUT2D eigenvalue weighted by Gasteiger charge is 2.14. The monoisotopic (exact) mass is 319 g/mol. The molecule has 3 rings (SSSR count). The van der Waals surface area contributed by atoms with Gasteiger partial charge in [-0.15, -0.1) is 0 Å². The number of aromatic nitrogens is 2. The molecule has 124 valence electrons. The zero-order valence-electron chi connectivity index (χ0n) is 14.4. The molecule has 1 N–H and O–H groups in total. The Morgan fingerprint density at radius 1 is 0.958 bits per heavy atom. The van der Waals surface area contributed by atoms with Crippen LogP contribution in [0.15, 0.2) is 73.1 Å². The molecule has 3 heteroatoms. The van der Waals surface area contributed by atoms with E-state index in [9.17, 15) is 0 Å². The zero-order chi connectivity index (χ0) is 16.8. The molecule has 0 bridgehead atoms. The maximum atomic E-state index is 4.49. The van der Waals surface area contributed by atoms with E-state index in [1.165, 1.54) is 11.1 Å². The molecule has 1 heterocycles. The average molecular weight is 319 g/mol. The normalized spacial score (nSPS) is 12.3. The van der Waals surface area contributed by atoms with Gasteiger partial charge in [0.25, 0.3) is 0 Å². The Bertz CT molecular complexity index is 732. The van der Waals surface area contributed by atoms with Gasteiger partial charge in [-0.3, -0.25) is 4.68 Å². The van der Waals surface area contributed by atoms with Crippen LogP contribution >= 0.6 is 0 Å². The summed E-state index contributed by atoms with van der Waals surface area (Å²) in [5.74, 6) is 0.627. The third kappa shape index (κ3) is 4.48. The maximum absolute atomic E-state index is 4.49. The highest BCUT2D eigenvalue weighted by atomic mass is 15.3.